The molecule has 2 amide bonds. The first kappa shape index (κ1) is 26.3. The number of carbonyl (C=O) groups is 2. The molecule has 2 bridgehead atoms. The summed E-state index contributed by atoms with van der Waals surface area (Å²) < 4.78 is 5.47. The van der Waals surface area contributed by atoms with Gasteiger partial charge in [0.25, 0.3) is 0 Å². The van der Waals surface area contributed by atoms with Gasteiger partial charge in [0.15, 0.2) is 0 Å². The Morgan fingerprint density at radius 1 is 1.02 bits per heavy atom. The topological polar surface area (TPSA) is 61.9 Å². The Kier molecular flexibility index (Phi) is 6.54. The number of aryl methyl sites for hydroxylation is 1. The van der Waals surface area contributed by atoms with Crippen molar-refractivity contribution < 1.29 is 14.3 Å². The summed E-state index contributed by atoms with van der Waals surface area (Å²) >= 11 is 0. The predicted octanol–water partition coefficient (Wildman–Crippen LogP) is 4.93. The zero-order valence-electron chi connectivity index (χ0n) is 23.7. The molecule has 0 radical (unpaired) electrons. The highest BCUT2D eigenvalue weighted by atomic mass is 16.5. The highest BCUT2D eigenvalue weighted by Gasteiger charge is 2.70. The Hall–Kier alpha value is -3.90. The normalized spacial score (nSPS) is 26.6. The fraction of sp³-hybridized carbons (Fsp3) is 0.353. The first-order valence-corrected chi connectivity index (χ1v) is 14.1. The number of amides is 2. The highest BCUT2D eigenvalue weighted by molar-refractivity contribution is 5.94. The summed E-state index contributed by atoms with van der Waals surface area (Å²) in [6, 6.07) is 25.1. The van der Waals surface area contributed by atoms with Crippen LogP contribution in [0.1, 0.15) is 46.6 Å². The smallest absolute Gasteiger partial charge is 0.246 e. The van der Waals surface area contributed by atoms with Gasteiger partial charge in [-0.05, 0) is 48.6 Å². The van der Waals surface area contributed by atoms with Crippen molar-refractivity contribution in [2.75, 3.05) is 34.3 Å². The molecule has 1 N–H and O–H groups in total. The maximum atomic E-state index is 14.3. The number of hydrazine groups is 1. The van der Waals surface area contributed by atoms with Crippen LogP contribution < -0.4 is 10.2 Å². The van der Waals surface area contributed by atoms with Crippen LogP contribution in [-0.2, 0) is 15.0 Å². The minimum atomic E-state index is -0.740. The summed E-state index contributed by atoms with van der Waals surface area (Å²) in [5, 5.41) is 1.73. The van der Waals surface area contributed by atoms with Crippen LogP contribution in [0.5, 0.6) is 5.75 Å². The van der Waals surface area contributed by atoms with Gasteiger partial charge in [-0.15, -0.1) is 0 Å². The molecule has 7 rings (SSSR count). The molecule has 1 heterocycles. The fourth-order valence-corrected chi connectivity index (χ4v) is 7.87. The van der Waals surface area contributed by atoms with E-state index in [1.54, 1.807) is 18.2 Å². The van der Waals surface area contributed by atoms with Gasteiger partial charge < -0.3 is 9.64 Å². The lowest BCUT2D eigenvalue weighted by Gasteiger charge is -2.60. The van der Waals surface area contributed by atoms with Gasteiger partial charge in [-0.25, -0.2) is 5.01 Å². The summed E-state index contributed by atoms with van der Waals surface area (Å²) in [5.41, 5.74) is 7.87. The monoisotopic (exact) mass is 535 g/mol. The Morgan fingerprint density at radius 3 is 2.50 bits per heavy atom. The molecule has 3 aromatic rings. The fourth-order valence-electron chi connectivity index (χ4n) is 7.87. The van der Waals surface area contributed by atoms with Crippen LogP contribution in [0.4, 0.5) is 0 Å². The number of nitrogens with zero attached hydrogens (tertiary/aromatic N) is 2. The number of fused-ring (bicyclic) bond motifs is 1. The third-order valence-corrected chi connectivity index (χ3v) is 9.51. The lowest BCUT2D eigenvalue weighted by atomic mass is 9.42. The van der Waals surface area contributed by atoms with Crippen molar-refractivity contribution in [2.45, 2.75) is 31.1 Å². The van der Waals surface area contributed by atoms with Crippen LogP contribution in [0.3, 0.4) is 0 Å². The largest absolute Gasteiger partial charge is 0.496 e. The molecule has 6 heteroatoms. The number of rotatable bonds is 6. The van der Waals surface area contributed by atoms with Crippen molar-refractivity contribution in [1.29, 1.82) is 0 Å². The Morgan fingerprint density at radius 2 is 1.75 bits per heavy atom. The molecule has 3 aromatic carbocycles. The average molecular weight is 536 g/mol. The first-order chi connectivity index (χ1) is 19.3. The van der Waals surface area contributed by atoms with Crippen molar-refractivity contribution in [1.82, 2.24) is 15.3 Å². The number of hydrogen-bond donors (Lipinski definition) is 1. The van der Waals surface area contributed by atoms with Crippen molar-refractivity contribution in [3.05, 3.63) is 107 Å². The molecule has 40 heavy (non-hydrogen) atoms. The van der Waals surface area contributed by atoms with E-state index in [0.717, 1.165) is 24.2 Å². The number of para-hydroxylation sites is 1. The van der Waals surface area contributed by atoms with E-state index in [0.29, 0.717) is 13.1 Å². The second-order valence-corrected chi connectivity index (χ2v) is 11.7. The average Bonchev–Trinajstić information content (AvgIpc) is 3.40. The van der Waals surface area contributed by atoms with E-state index in [1.165, 1.54) is 22.3 Å². The van der Waals surface area contributed by atoms with Crippen molar-refractivity contribution in [3.63, 3.8) is 0 Å². The summed E-state index contributed by atoms with van der Waals surface area (Å²) in [6.07, 6.45) is 5.30. The van der Waals surface area contributed by atoms with Gasteiger partial charge in [0.05, 0.1) is 12.5 Å². The SMILES string of the molecule is COc1ccccc1/C=C/C(=O)N1C[C@H]2[C@]3(c4ccc(C)cc4)CC[C@@H](c4ccccc43)[C@@]2(C(=O)NN(C)C)C1. The van der Waals surface area contributed by atoms with Gasteiger partial charge >= 0.3 is 0 Å². The summed E-state index contributed by atoms with van der Waals surface area (Å²) in [6.45, 7) is 3.01. The summed E-state index contributed by atoms with van der Waals surface area (Å²) in [5.74, 6) is 0.620. The van der Waals surface area contributed by atoms with E-state index >= 15 is 0 Å². The zero-order valence-corrected chi connectivity index (χ0v) is 23.7. The van der Waals surface area contributed by atoms with Crippen molar-refractivity contribution >= 4 is 17.9 Å². The molecule has 1 saturated carbocycles. The number of likely N-dealkylation sites (tertiary alicyclic amines) is 1. The number of methoxy groups -OCH3 is 1. The zero-order chi connectivity index (χ0) is 28.1. The summed E-state index contributed by atoms with van der Waals surface area (Å²) in [7, 11) is 5.33. The molecule has 4 aliphatic rings. The Bertz CT molecular complexity index is 1480. The number of carbonyl (C=O) groups excluding carboxylic acids is 2. The number of nitrogens with one attached hydrogen (secondary N) is 1. The number of benzene rings is 3. The van der Waals surface area contributed by atoms with E-state index in [2.05, 4.69) is 60.9 Å². The van der Waals surface area contributed by atoms with Crippen molar-refractivity contribution in [3.8, 4) is 5.75 Å². The lowest BCUT2D eigenvalue weighted by molar-refractivity contribution is -0.143. The second kappa shape index (κ2) is 9.93. The van der Waals surface area contributed by atoms with E-state index in [4.69, 9.17) is 4.74 Å². The van der Waals surface area contributed by atoms with E-state index < -0.39 is 5.41 Å². The van der Waals surface area contributed by atoms with Gasteiger partial charge in [-0.3, -0.25) is 15.0 Å². The molecular weight excluding hydrogens is 498 g/mol. The van der Waals surface area contributed by atoms with Crippen LogP contribution in [0, 0.1) is 18.3 Å². The second-order valence-electron chi connectivity index (χ2n) is 11.7. The molecule has 4 atom stereocenters. The van der Waals surface area contributed by atoms with Crippen LogP contribution in [0.2, 0.25) is 0 Å². The van der Waals surface area contributed by atoms with Gasteiger partial charge in [0.1, 0.15) is 5.75 Å². The van der Waals surface area contributed by atoms with Crippen molar-refractivity contribution in [2.24, 2.45) is 11.3 Å². The Labute approximate surface area is 236 Å². The maximum Gasteiger partial charge on any atom is 0.246 e. The molecule has 1 saturated heterocycles. The quantitative estimate of drug-likeness (QED) is 0.359. The van der Waals surface area contributed by atoms with Crippen LogP contribution in [0.15, 0.2) is 78.9 Å². The molecule has 0 aromatic heterocycles. The molecule has 0 spiro atoms. The molecule has 6 nitrogen and oxygen atoms in total. The molecular formula is C34H37N3O3. The van der Waals surface area contributed by atoms with Gasteiger partial charge in [-0.1, -0.05) is 72.3 Å². The van der Waals surface area contributed by atoms with E-state index in [9.17, 15) is 9.59 Å². The maximum absolute atomic E-state index is 14.3. The molecule has 2 fully saturated rings. The van der Waals surface area contributed by atoms with Gasteiger partial charge in [-0.2, -0.15) is 0 Å². The van der Waals surface area contributed by atoms with Gasteiger partial charge in [0.2, 0.25) is 11.8 Å². The third kappa shape index (κ3) is 3.88. The van der Waals surface area contributed by atoms with Gasteiger partial charge in [0, 0.05) is 56.1 Å². The minimum absolute atomic E-state index is 0.00204. The molecule has 1 aliphatic heterocycles. The Balaban J connectivity index is 1.47. The van der Waals surface area contributed by atoms with E-state index in [1.807, 2.05) is 49.3 Å². The summed E-state index contributed by atoms with van der Waals surface area (Å²) in [4.78, 5) is 30.0. The molecule has 3 aliphatic carbocycles. The number of hydrogen-bond acceptors (Lipinski definition) is 4. The van der Waals surface area contributed by atoms with E-state index in [-0.39, 0.29) is 29.1 Å². The standard InChI is InChI=1S/C34H37N3O3/c1-23-13-16-25(17-14-23)33-20-19-28(26-10-6-7-11-27(26)33)34(32(39)35-36(2)3)22-37(21-30(33)34)31(38)18-15-24-9-5-8-12-29(24)40-4/h5-18,28,30H,19-22H2,1-4H3,(H,35,39)/b18-15+/t28-,30-,33-,34-/m0/s1. The van der Waals surface area contributed by atoms with Crippen LogP contribution >= 0.6 is 0 Å². The lowest BCUT2D eigenvalue weighted by Crippen LogP contribution is -2.63. The number of ether oxygens (including phenoxy) is 1. The predicted molar refractivity (Wildman–Crippen MR) is 157 cm³/mol. The minimum Gasteiger partial charge on any atom is -0.496 e. The van der Waals surface area contributed by atoms with Crippen LogP contribution in [0.25, 0.3) is 6.08 Å². The first-order valence-electron chi connectivity index (χ1n) is 14.1. The third-order valence-electron chi connectivity index (χ3n) is 9.51. The highest BCUT2D eigenvalue weighted by Crippen LogP contribution is 2.68. The molecule has 206 valence electrons. The molecule has 0 unspecified atom stereocenters. The van der Waals surface area contributed by atoms with Crippen LogP contribution in [-0.4, -0.2) is 56.0 Å².